The number of rotatable bonds is 4. The molecule has 1 unspecified atom stereocenters. The highest BCUT2D eigenvalue weighted by Gasteiger charge is 2.34. The fourth-order valence-corrected chi connectivity index (χ4v) is 5.29. The molecular formula is C22H26N2OS. The Kier molecular flexibility index (Phi) is 4.72. The number of hydrogen-bond acceptors (Lipinski definition) is 1. The van der Waals surface area contributed by atoms with Gasteiger partial charge in [0.2, 0.25) is 0 Å². The molecule has 4 heteroatoms. The highest BCUT2D eigenvalue weighted by Crippen LogP contribution is 2.39. The molecule has 136 valence electrons. The predicted molar refractivity (Wildman–Crippen MR) is 108 cm³/mol. The van der Waals surface area contributed by atoms with Crippen molar-refractivity contribution in [3.8, 4) is 0 Å². The van der Waals surface area contributed by atoms with Crippen LogP contribution in [0.1, 0.15) is 43.1 Å². The molecule has 2 atom stereocenters. The number of nitrogens with zero attached hydrogens (tertiary/aromatic N) is 1. The highest BCUT2D eigenvalue weighted by atomic mass is 32.2. The van der Waals surface area contributed by atoms with E-state index >= 15 is 0 Å². The molecule has 2 aromatic carbocycles. The lowest BCUT2D eigenvalue weighted by Gasteiger charge is -2.35. The highest BCUT2D eigenvalue weighted by molar-refractivity contribution is 7.82. The summed E-state index contributed by atoms with van der Waals surface area (Å²) in [6.07, 6.45) is 1.93. The lowest BCUT2D eigenvalue weighted by Crippen LogP contribution is -2.37. The normalized spacial score (nSPS) is 19.0. The monoisotopic (exact) mass is 366 g/mol. The number of nitrogens with one attached hydrogen (secondary N) is 1. The second-order valence-corrected chi connectivity index (χ2v) is 9.10. The van der Waals surface area contributed by atoms with Gasteiger partial charge in [-0.1, -0.05) is 49.7 Å². The van der Waals surface area contributed by atoms with Crippen LogP contribution >= 0.6 is 0 Å². The van der Waals surface area contributed by atoms with Crippen LogP contribution in [-0.2, 0) is 17.4 Å². The summed E-state index contributed by atoms with van der Waals surface area (Å²) in [5.41, 5.74) is 5.05. The van der Waals surface area contributed by atoms with Gasteiger partial charge in [-0.25, -0.2) is 8.51 Å². The molecule has 2 heterocycles. The van der Waals surface area contributed by atoms with Crippen LogP contribution < -0.4 is 0 Å². The molecule has 0 saturated carbocycles. The van der Waals surface area contributed by atoms with Crippen LogP contribution in [0.5, 0.6) is 0 Å². The fraction of sp³-hybridized carbons (Fsp3) is 0.364. The molecule has 0 radical (unpaired) electrons. The van der Waals surface area contributed by atoms with Gasteiger partial charge in [-0.05, 0) is 49.4 Å². The van der Waals surface area contributed by atoms with Gasteiger partial charge >= 0.3 is 0 Å². The van der Waals surface area contributed by atoms with Gasteiger partial charge < -0.3 is 4.98 Å². The first kappa shape index (κ1) is 17.5. The molecule has 4 rings (SSSR count). The van der Waals surface area contributed by atoms with Gasteiger partial charge in [-0.15, -0.1) is 0 Å². The Morgan fingerprint density at radius 2 is 1.88 bits per heavy atom. The van der Waals surface area contributed by atoms with Crippen molar-refractivity contribution in [2.24, 2.45) is 5.92 Å². The standard InChI is InChI=1S/C22H26N2OS/c1-15(2)14-21-22-19(18-6-4-5-7-20(18)23-22)12-13-24(21)26(25)17-10-8-16(3)9-11-17/h4-11,15,21,23H,12-14H2,1-3H3/t21-,26?/m0/s1. The third-order valence-electron chi connectivity index (χ3n) is 5.24. The minimum atomic E-state index is -1.14. The SMILES string of the molecule is Cc1ccc(S(=O)N2CCc3c([nH]c4ccccc34)[C@@H]2CC(C)C)cc1. The molecule has 3 aromatic rings. The average Bonchev–Trinajstić information content (AvgIpc) is 3.01. The van der Waals surface area contributed by atoms with Gasteiger partial charge in [-0.3, -0.25) is 0 Å². The molecule has 1 aliphatic rings. The Morgan fingerprint density at radius 1 is 1.15 bits per heavy atom. The van der Waals surface area contributed by atoms with E-state index < -0.39 is 11.0 Å². The number of aryl methyl sites for hydroxylation is 1. The number of hydrogen-bond donors (Lipinski definition) is 1. The number of H-pyrrole nitrogens is 1. The van der Waals surface area contributed by atoms with Gasteiger partial charge in [-0.2, -0.15) is 0 Å². The molecule has 0 aliphatic carbocycles. The maximum Gasteiger partial charge on any atom is 0.128 e. The maximum atomic E-state index is 13.4. The molecule has 1 N–H and O–H groups in total. The van der Waals surface area contributed by atoms with Crippen LogP contribution in [0.2, 0.25) is 0 Å². The zero-order chi connectivity index (χ0) is 18.3. The first-order chi connectivity index (χ1) is 12.5. The second-order valence-electron chi connectivity index (χ2n) is 7.66. The summed E-state index contributed by atoms with van der Waals surface area (Å²) in [5.74, 6) is 0.537. The Hall–Kier alpha value is -1.91. The van der Waals surface area contributed by atoms with Crippen molar-refractivity contribution < 1.29 is 4.21 Å². The molecule has 26 heavy (non-hydrogen) atoms. The summed E-state index contributed by atoms with van der Waals surface area (Å²) >= 11 is 0. The Labute approximate surface area is 158 Å². The Morgan fingerprint density at radius 3 is 2.62 bits per heavy atom. The van der Waals surface area contributed by atoms with Gasteiger partial charge in [0.05, 0.1) is 10.9 Å². The minimum absolute atomic E-state index is 0.160. The fourth-order valence-electron chi connectivity index (χ4n) is 3.97. The van der Waals surface area contributed by atoms with Gasteiger partial charge in [0.1, 0.15) is 11.0 Å². The predicted octanol–water partition coefficient (Wildman–Crippen LogP) is 5.14. The number of aromatic amines is 1. The van der Waals surface area contributed by atoms with E-state index in [-0.39, 0.29) is 6.04 Å². The van der Waals surface area contributed by atoms with Crippen molar-refractivity contribution in [2.45, 2.75) is 44.6 Å². The third kappa shape index (κ3) is 3.12. The van der Waals surface area contributed by atoms with E-state index in [9.17, 15) is 4.21 Å². The summed E-state index contributed by atoms with van der Waals surface area (Å²) in [4.78, 5) is 4.53. The second kappa shape index (κ2) is 7.01. The zero-order valence-electron chi connectivity index (χ0n) is 15.7. The molecule has 0 fully saturated rings. The molecular weight excluding hydrogens is 340 g/mol. The molecule has 1 aliphatic heterocycles. The van der Waals surface area contributed by atoms with E-state index in [1.165, 1.54) is 27.7 Å². The molecule has 0 spiro atoms. The summed E-state index contributed by atoms with van der Waals surface area (Å²) in [7, 11) is -1.14. The van der Waals surface area contributed by atoms with Crippen molar-refractivity contribution in [2.75, 3.05) is 6.54 Å². The minimum Gasteiger partial charge on any atom is -0.357 e. The van der Waals surface area contributed by atoms with Gasteiger partial charge in [0.25, 0.3) is 0 Å². The molecule has 3 nitrogen and oxygen atoms in total. The van der Waals surface area contributed by atoms with Gasteiger partial charge in [0, 0.05) is 23.1 Å². The summed E-state index contributed by atoms with van der Waals surface area (Å²) < 4.78 is 15.5. The van der Waals surface area contributed by atoms with Crippen molar-refractivity contribution in [3.05, 3.63) is 65.4 Å². The number of fused-ring (bicyclic) bond motifs is 3. The van der Waals surface area contributed by atoms with Crippen molar-refractivity contribution in [1.82, 2.24) is 9.29 Å². The smallest absolute Gasteiger partial charge is 0.128 e. The topological polar surface area (TPSA) is 36.1 Å². The summed E-state index contributed by atoms with van der Waals surface area (Å²) in [6, 6.07) is 16.8. The van der Waals surface area contributed by atoms with Crippen LogP contribution in [0.4, 0.5) is 0 Å². The first-order valence-electron chi connectivity index (χ1n) is 9.39. The van der Waals surface area contributed by atoms with E-state index in [1.807, 2.05) is 24.3 Å². The van der Waals surface area contributed by atoms with Gasteiger partial charge in [0.15, 0.2) is 0 Å². The Balaban J connectivity index is 1.75. The number of para-hydroxylation sites is 1. The van der Waals surface area contributed by atoms with Crippen LogP contribution in [-0.4, -0.2) is 20.0 Å². The van der Waals surface area contributed by atoms with Crippen LogP contribution in [0.3, 0.4) is 0 Å². The van der Waals surface area contributed by atoms with E-state index in [1.54, 1.807) is 0 Å². The average molecular weight is 367 g/mol. The van der Waals surface area contributed by atoms with E-state index in [2.05, 4.69) is 54.3 Å². The van der Waals surface area contributed by atoms with Crippen LogP contribution in [0.25, 0.3) is 10.9 Å². The van der Waals surface area contributed by atoms with Crippen molar-refractivity contribution in [3.63, 3.8) is 0 Å². The zero-order valence-corrected chi connectivity index (χ0v) is 16.5. The molecule has 0 saturated heterocycles. The van der Waals surface area contributed by atoms with Crippen LogP contribution in [0, 0.1) is 12.8 Å². The molecule has 1 aromatic heterocycles. The molecule has 0 bridgehead atoms. The van der Waals surface area contributed by atoms with Crippen molar-refractivity contribution in [1.29, 1.82) is 0 Å². The summed E-state index contributed by atoms with van der Waals surface area (Å²) in [5, 5.41) is 1.32. The lowest BCUT2D eigenvalue weighted by molar-refractivity contribution is 0.279. The lowest BCUT2D eigenvalue weighted by atomic mass is 9.93. The first-order valence-corrected chi connectivity index (χ1v) is 10.5. The van der Waals surface area contributed by atoms with Crippen LogP contribution in [0.15, 0.2) is 53.4 Å². The maximum absolute atomic E-state index is 13.4. The largest absolute Gasteiger partial charge is 0.357 e. The van der Waals surface area contributed by atoms with E-state index in [0.29, 0.717) is 5.92 Å². The summed E-state index contributed by atoms with van der Waals surface area (Å²) in [6.45, 7) is 7.37. The third-order valence-corrected chi connectivity index (χ3v) is 6.78. The molecule has 0 amide bonds. The Bertz CT molecular complexity index is 942. The number of aromatic nitrogens is 1. The van der Waals surface area contributed by atoms with Crippen molar-refractivity contribution >= 4 is 21.9 Å². The number of benzene rings is 2. The van der Waals surface area contributed by atoms with E-state index in [4.69, 9.17) is 0 Å². The van der Waals surface area contributed by atoms with E-state index in [0.717, 1.165) is 24.3 Å². The quantitative estimate of drug-likeness (QED) is 0.681.